The molecule has 0 amide bonds. The van der Waals surface area contributed by atoms with E-state index in [0.29, 0.717) is 5.69 Å². The summed E-state index contributed by atoms with van der Waals surface area (Å²) in [5.74, 6) is 5.37. The van der Waals surface area contributed by atoms with Crippen LogP contribution in [0.5, 0.6) is 0 Å². The molecule has 1 aromatic rings. The first kappa shape index (κ1) is 12.2. The van der Waals surface area contributed by atoms with Crippen LogP contribution in [0.3, 0.4) is 0 Å². The number of morpholine rings is 1. The van der Waals surface area contributed by atoms with E-state index in [1.165, 1.54) is 6.07 Å². The Bertz CT molecular complexity index is 496. The Balaban J connectivity index is 1.91. The number of fused-ring (bicyclic) bond motifs is 2. The molecule has 3 N–H and O–H groups in total. The van der Waals surface area contributed by atoms with Gasteiger partial charge < -0.3 is 15.1 Å². The van der Waals surface area contributed by atoms with Crippen molar-refractivity contribution in [2.45, 2.75) is 25.0 Å². The van der Waals surface area contributed by atoms with Crippen molar-refractivity contribution in [1.82, 2.24) is 0 Å². The molecule has 7 nitrogen and oxygen atoms in total. The number of hydrogen-bond donors (Lipinski definition) is 2. The quantitative estimate of drug-likeness (QED) is 0.485. The third kappa shape index (κ3) is 2.34. The minimum atomic E-state index is -0.403. The fraction of sp³-hybridized carbons (Fsp3) is 0.500. The number of rotatable bonds is 3. The number of nitrogens with one attached hydrogen (secondary N) is 1. The fourth-order valence-electron chi connectivity index (χ4n) is 2.79. The van der Waals surface area contributed by atoms with Crippen LogP contribution < -0.4 is 16.2 Å². The highest BCUT2D eigenvalue weighted by atomic mass is 16.6. The summed E-state index contributed by atoms with van der Waals surface area (Å²) in [5.41, 5.74) is 3.89. The lowest BCUT2D eigenvalue weighted by molar-refractivity contribution is -0.384. The van der Waals surface area contributed by atoms with Gasteiger partial charge in [0.25, 0.3) is 5.69 Å². The van der Waals surface area contributed by atoms with Gasteiger partial charge in [-0.1, -0.05) is 0 Å². The molecule has 2 atom stereocenters. The second kappa shape index (κ2) is 4.67. The van der Waals surface area contributed by atoms with Crippen molar-refractivity contribution in [2.75, 3.05) is 23.4 Å². The van der Waals surface area contributed by atoms with Crippen LogP contribution in [0.4, 0.5) is 17.1 Å². The number of hydrazine groups is 1. The second-order valence-corrected chi connectivity index (χ2v) is 5.00. The predicted octanol–water partition coefficient (Wildman–Crippen LogP) is 1.25. The van der Waals surface area contributed by atoms with Crippen molar-refractivity contribution in [2.24, 2.45) is 5.84 Å². The zero-order valence-corrected chi connectivity index (χ0v) is 10.4. The maximum Gasteiger partial charge on any atom is 0.273 e. The van der Waals surface area contributed by atoms with Gasteiger partial charge in [-0.2, -0.15) is 0 Å². The summed E-state index contributed by atoms with van der Waals surface area (Å²) in [6.45, 7) is 1.56. The molecule has 0 saturated carbocycles. The van der Waals surface area contributed by atoms with Gasteiger partial charge in [0, 0.05) is 30.9 Å². The zero-order valence-electron chi connectivity index (χ0n) is 10.4. The molecule has 2 heterocycles. The zero-order chi connectivity index (χ0) is 13.4. The van der Waals surface area contributed by atoms with Crippen LogP contribution in [0.2, 0.25) is 0 Å². The van der Waals surface area contributed by atoms with E-state index in [0.717, 1.165) is 31.6 Å². The van der Waals surface area contributed by atoms with Crippen molar-refractivity contribution in [3.8, 4) is 0 Å². The topological polar surface area (TPSA) is 93.7 Å². The van der Waals surface area contributed by atoms with Gasteiger partial charge in [-0.25, -0.2) is 0 Å². The molecule has 19 heavy (non-hydrogen) atoms. The SMILES string of the molecule is NNc1cc(N2CC3CCC(C2)O3)cc([N+](=O)[O-])c1. The predicted molar refractivity (Wildman–Crippen MR) is 71.0 cm³/mol. The minimum Gasteiger partial charge on any atom is -0.371 e. The maximum atomic E-state index is 10.9. The van der Waals surface area contributed by atoms with Gasteiger partial charge in [-0.3, -0.25) is 16.0 Å². The molecule has 3 rings (SSSR count). The van der Waals surface area contributed by atoms with Crippen LogP contribution in [0.1, 0.15) is 12.8 Å². The number of hydrogen-bond acceptors (Lipinski definition) is 6. The third-order valence-electron chi connectivity index (χ3n) is 3.69. The smallest absolute Gasteiger partial charge is 0.273 e. The van der Waals surface area contributed by atoms with Crippen LogP contribution >= 0.6 is 0 Å². The molecule has 0 aliphatic carbocycles. The molecule has 2 aliphatic rings. The number of ether oxygens (including phenoxy) is 1. The monoisotopic (exact) mass is 264 g/mol. The number of nitro groups is 1. The van der Waals surface area contributed by atoms with E-state index >= 15 is 0 Å². The molecule has 102 valence electrons. The third-order valence-corrected chi connectivity index (χ3v) is 3.69. The van der Waals surface area contributed by atoms with Gasteiger partial charge in [0.1, 0.15) is 0 Å². The summed E-state index contributed by atoms with van der Waals surface area (Å²) in [6, 6.07) is 4.85. The van der Waals surface area contributed by atoms with Crippen molar-refractivity contribution in [3.63, 3.8) is 0 Å². The fourth-order valence-corrected chi connectivity index (χ4v) is 2.79. The molecule has 0 radical (unpaired) electrons. The molecule has 2 fully saturated rings. The van der Waals surface area contributed by atoms with Gasteiger partial charge in [0.05, 0.1) is 22.8 Å². The van der Waals surface area contributed by atoms with Crippen LogP contribution in [0.15, 0.2) is 18.2 Å². The number of nitrogen functional groups attached to an aromatic ring is 1. The minimum absolute atomic E-state index is 0.0456. The van der Waals surface area contributed by atoms with E-state index in [1.807, 2.05) is 6.07 Å². The second-order valence-electron chi connectivity index (χ2n) is 5.00. The lowest BCUT2D eigenvalue weighted by Gasteiger charge is -2.33. The first-order valence-corrected chi connectivity index (χ1v) is 6.32. The van der Waals surface area contributed by atoms with E-state index < -0.39 is 4.92 Å². The highest BCUT2D eigenvalue weighted by Gasteiger charge is 2.34. The van der Waals surface area contributed by atoms with Crippen LogP contribution in [-0.4, -0.2) is 30.2 Å². The molecule has 0 aromatic heterocycles. The highest BCUT2D eigenvalue weighted by molar-refractivity contribution is 5.64. The van der Waals surface area contributed by atoms with Crippen LogP contribution in [0.25, 0.3) is 0 Å². The Labute approximate surface area is 110 Å². The van der Waals surface area contributed by atoms with E-state index in [-0.39, 0.29) is 17.9 Å². The van der Waals surface area contributed by atoms with Crippen molar-refractivity contribution in [3.05, 3.63) is 28.3 Å². The van der Waals surface area contributed by atoms with Gasteiger partial charge in [0.2, 0.25) is 0 Å². The lowest BCUT2D eigenvalue weighted by atomic mass is 10.2. The number of non-ortho nitro benzene ring substituents is 1. The Morgan fingerprint density at radius 2 is 2.00 bits per heavy atom. The summed E-state index contributed by atoms with van der Waals surface area (Å²) in [5, 5.41) is 10.9. The highest BCUT2D eigenvalue weighted by Crippen LogP contribution is 2.32. The largest absolute Gasteiger partial charge is 0.371 e. The number of benzene rings is 1. The van der Waals surface area contributed by atoms with Gasteiger partial charge in [-0.05, 0) is 18.9 Å². The Morgan fingerprint density at radius 1 is 1.32 bits per heavy atom. The molecule has 2 aliphatic heterocycles. The van der Waals surface area contributed by atoms with E-state index in [2.05, 4.69) is 10.3 Å². The molecule has 2 bridgehead atoms. The maximum absolute atomic E-state index is 10.9. The number of nitro benzene ring substituents is 1. The normalized spacial score (nSPS) is 25.4. The standard InChI is InChI=1S/C12H16N4O3/c13-14-8-3-9(5-10(4-8)16(17)18)15-6-11-1-2-12(7-15)19-11/h3-5,11-12,14H,1-2,6-7,13H2. The van der Waals surface area contributed by atoms with Crippen molar-refractivity contribution >= 4 is 17.1 Å². The van der Waals surface area contributed by atoms with E-state index in [1.54, 1.807) is 6.07 Å². The molecule has 2 saturated heterocycles. The summed E-state index contributed by atoms with van der Waals surface area (Å²) < 4.78 is 5.77. The summed E-state index contributed by atoms with van der Waals surface area (Å²) in [7, 11) is 0. The summed E-state index contributed by atoms with van der Waals surface area (Å²) in [4.78, 5) is 12.7. The van der Waals surface area contributed by atoms with E-state index in [4.69, 9.17) is 10.6 Å². The average molecular weight is 264 g/mol. The van der Waals surface area contributed by atoms with Gasteiger partial charge in [0.15, 0.2) is 0 Å². The lowest BCUT2D eigenvalue weighted by Crippen LogP contribution is -2.42. The number of nitrogens with zero attached hydrogens (tertiary/aromatic N) is 2. The first-order valence-electron chi connectivity index (χ1n) is 6.32. The Morgan fingerprint density at radius 3 is 2.58 bits per heavy atom. The summed E-state index contributed by atoms with van der Waals surface area (Å²) >= 11 is 0. The average Bonchev–Trinajstić information content (AvgIpc) is 2.76. The van der Waals surface area contributed by atoms with E-state index in [9.17, 15) is 10.1 Å². The number of anilines is 2. The summed E-state index contributed by atoms with van der Waals surface area (Å²) in [6.07, 6.45) is 2.62. The molecule has 7 heteroatoms. The molecular formula is C12H16N4O3. The molecule has 2 unspecified atom stereocenters. The molecule has 1 aromatic carbocycles. The molecule has 0 spiro atoms. The first-order chi connectivity index (χ1) is 9.15. The molecular weight excluding hydrogens is 248 g/mol. The van der Waals surface area contributed by atoms with Gasteiger partial charge in [-0.15, -0.1) is 0 Å². The number of nitrogens with two attached hydrogens (primary N) is 1. The Kier molecular flexibility index (Phi) is 3.00. The van der Waals surface area contributed by atoms with Crippen LogP contribution in [-0.2, 0) is 4.74 Å². The van der Waals surface area contributed by atoms with Crippen LogP contribution in [0, 0.1) is 10.1 Å². The Hall–Kier alpha value is -1.86. The van der Waals surface area contributed by atoms with Crippen molar-refractivity contribution < 1.29 is 9.66 Å². The van der Waals surface area contributed by atoms with Crippen molar-refractivity contribution in [1.29, 1.82) is 0 Å². The van der Waals surface area contributed by atoms with Gasteiger partial charge >= 0.3 is 0 Å².